The molecule has 3 N–H and O–H groups in total. The normalized spacial score (nSPS) is 11.8. The Bertz CT molecular complexity index is 632. The number of anilines is 2. The molecule has 0 bridgehead atoms. The van der Waals surface area contributed by atoms with Gasteiger partial charge in [0, 0.05) is 23.5 Å². The molecule has 2 rings (SSSR count). The highest BCUT2D eigenvalue weighted by Crippen LogP contribution is 2.20. The molecule has 0 fully saturated rings. The van der Waals surface area contributed by atoms with Crippen LogP contribution in [0.1, 0.15) is 15.9 Å². The van der Waals surface area contributed by atoms with Gasteiger partial charge < -0.3 is 15.7 Å². The monoisotopic (exact) mass is 318 g/mol. The molecule has 2 aromatic rings. The van der Waals surface area contributed by atoms with Crippen LogP contribution in [0.3, 0.4) is 0 Å². The van der Waals surface area contributed by atoms with Crippen LogP contribution in [0.25, 0.3) is 0 Å². The SMILES string of the molecule is Cc1cc(NCC(O)CCl)ccc1NC(=O)c1ccccc1. The first-order chi connectivity index (χ1) is 10.6. The second-order valence-electron chi connectivity index (χ2n) is 5.04. The van der Waals surface area contributed by atoms with E-state index in [1.54, 1.807) is 12.1 Å². The summed E-state index contributed by atoms with van der Waals surface area (Å²) in [5.74, 6) is 0.0546. The first-order valence-corrected chi connectivity index (χ1v) is 7.58. The first-order valence-electron chi connectivity index (χ1n) is 7.05. The van der Waals surface area contributed by atoms with Crippen molar-refractivity contribution in [3.63, 3.8) is 0 Å². The van der Waals surface area contributed by atoms with Crippen LogP contribution in [0.15, 0.2) is 48.5 Å². The Hall–Kier alpha value is -2.04. The number of hydrogen-bond donors (Lipinski definition) is 3. The summed E-state index contributed by atoms with van der Waals surface area (Å²) in [6.45, 7) is 2.31. The van der Waals surface area contributed by atoms with E-state index in [9.17, 15) is 9.90 Å². The van der Waals surface area contributed by atoms with Crippen LogP contribution in [-0.2, 0) is 0 Å². The highest BCUT2D eigenvalue weighted by atomic mass is 35.5. The molecule has 1 unspecified atom stereocenters. The predicted molar refractivity (Wildman–Crippen MR) is 90.8 cm³/mol. The van der Waals surface area contributed by atoms with E-state index in [1.807, 2.05) is 43.3 Å². The van der Waals surface area contributed by atoms with Crippen molar-refractivity contribution in [3.05, 3.63) is 59.7 Å². The number of alkyl halides is 1. The fourth-order valence-corrected chi connectivity index (χ4v) is 2.10. The molecule has 5 heteroatoms. The molecule has 22 heavy (non-hydrogen) atoms. The number of carbonyl (C=O) groups is 1. The third kappa shape index (κ3) is 4.48. The summed E-state index contributed by atoms with van der Waals surface area (Å²) in [4.78, 5) is 12.1. The average Bonchev–Trinajstić information content (AvgIpc) is 2.55. The topological polar surface area (TPSA) is 61.4 Å². The van der Waals surface area contributed by atoms with E-state index in [0.29, 0.717) is 12.1 Å². The molecule has 4 nitrogen and oxygen atoms in total. The van der Waals surface area contributed by atoms with Crippen LogP contribution in [0, 0.1) is 6.92 Å². The van der Waals surface area contributed by atoms with Crippen molar-refractivity contribution in [3.8, 4) is 0 Å². The first kappa shape index (κ1) is 16.3. The Morgan fingerprint density at radius 2 is 1.95 bits per heavy atom. The molecule has 116 valence electrons. The molecule has 2 aromatic carbocycles. The minimum Gasteiger partial charge on any atom is -0.390 e. The quantitative estimate of drug-likeness (QED) is 0.716. The smallest absolute Gasteiger partial charge is 0.255 e. The van der Waals surface area contributed by atoms with Gasteiger partial charge in [-0.25, -0.2) is 0 Å². The Balaban J connectivity index is 2.02. The van der Waals surface area contributed by atoms with Crippen molar-refractivity contribution in [1.82, 2.24) is 0 Å². The van der Waals surface area contributed by atoms with Crippen molar-refractivity contribution < 1.29 is 9.90 Å². The molecule has 1 atom stereocenters. The number of carbonyl (C=O) groups excluding carboxylic acids is 1. The van der Waals surface area contributed by atoms with Gasteiger partial charge in [0.1, 0.15) is 0 Å². The Kier molecular flexibility index (Phi) is 5.81. The standard InChI is InChI=1S/C17H19ClN2O2/c1-12-9-14(19-11-15(21)10-18)7-8-16(12)20-17(22)13-5-3-2-4-6-13/h2-9,15,19,21H,10-11H2,1H3,(H,20,22). The van der Waals surface area contributed by atoms with Crippen LogP contribution in [0.5, 0.6) is 0 Å². The molecule has 0 aromatic heterocycles. The number of aliphatic hydroxyl groups excluding tert-OH is 1. The average molecular weight is 319 g/mol. The lowest BCUT2D eigenvalue weighted by molar-refractivity contribution is 0.102. The molecule has 0 aliphatic heterocycles. The highest BCUT2D eigenvalue weighted by molar-refractivity contribution is 6.18. The zero-order valence-electron chi connectivity index (χ0n) is 12.3. The number of aliphatic hydroxyl groups is 1. The Morgan fingerprint density at radius 3 is 2.59 bits per heavy atom. The molecule has 0 saturated carbocycles. The summed E-state index contributed by atoms with van der Waals surface area (Å²) in [7, 11) is 0. The minimum atomic E-state index is -0.584. The number of benzene rings is 2. The van der Waals surface area contributed by atoms with E-state index in [1.165, 1.54) is 0 Å². The Labute approximate surface area is 135 Å². The second kappa shape index (κ2) is 7.82. The lowest BCUT2D eigenvalue weighted by Crippen LogP contribution is -2.20. The number of aryl methyl sites for hydroxylation is 1. The van der Waals surface area contributed by atoms with Gasteiger partial charge in [-0.15, -0.1) is 11.6 Å². The summed E-state index contributed by atoms with van der Waals surface area (Å²) in [6.07, 6.45) is -0.584. The van der Waals surface area contributed by atoms with E-state index >= 15 is 0 Å². The molecule has 0 aliphatic rings. The summed E-state index contributed by atoms with van der Waals surface area (Å²) < 4.78 is 0. The lowest BCUT2D eigenvalue weighted by Gasteiger charge is -2.13. The molecule has 0 saturated heterocycles. The number of nitrogens with one attached hydrogen (secondary N) is 2. The van der Waals surface area contributed by atoms with E-state index in [4.69, 9.17) is 11.6 Å². The third-order valence-electron chi connectivity index (χ3n) is 3.23. The van der Waals surface area contributed by atoms with Gasteiger partial charge in [0.2, 0.25) is 0 Å². The van der Waals surface area contributed by atoms with Crippen LogP contribution in [0.4, 0.5) is 11.4 Å². The van der Waals surface area contributed by atoms with Gasteiger partial charge in [-0.2, -0.15) is 0 Å². The van der Waals surface area contributed by atoms with Gasteiger partial charge in [-0.3, -0.25) is 4.79 Å². The van der Waals surface area contributed by atoms with E-state index in [0.717, 1.165) is 16.9 Å². The van der Waals surface area contributed by atoms with Crippen LogP contribution < -0.4 is 10.6 Å². The fourth-order valence-electron chi connectivity index (χ4n) is 1.99. The molecule has 0 radical (unpaired) electrons. The van der Waals surface area contributed by atoms with Crippen molar-refractivity contribution in [2.24, 2.45) is 0 Å². The maximum Gasteiger partial charge on any atom is 0.255 e. The van der Waals surface area contributed by atoms with Crippen molar-refractivity contribution >= 4 is 28.9 Å². The van der Waals surface area contributed by atoms with Crippen molar-refractivity contribution in [2.45, 2.75) is 13.0 Å². The van der Waals surface area contributed by atoms with E-state index in [2.05, 4.69) is 10.6 Å². The van der Waals surface area contributed by atoms with Gasteiger partial charge in [-0.1, -0.05) is 18.2 Å². The van der Waals surface area contributed by atoms with Gasteiger partial charge >= 0.3 is 0 Å². The van der Waals surface area contributed by atoms with Gasteiger partial charge in [0.25, 0.3) is 5.91 Å². The zero-order valence-corrected chi connectivity index (χ0v) is 13.1. The highest BCUT2D eigenvalue weighted by Gasteiger charge is 2.08. The number of halogens is 1. The predicted octanol–water partition coefficient (Wildman–Crippen LogP) is 3.26. The summed E-state index contributed by atoms with van der Waals surface area (Å²) >= 11 is 5.55. The molecule has 0 aliphatic carbocycles. The maximum absolute atomic E-state index is 12.1. The van der Waals surface area contributed by atoms with E-state index in [-0.39, 0.29) is 11.8 Å². The van der Waals surface area contributed by atoms with Crippen molar-refractivity contribution in [2.75, 3.05) is 23.1 Å². The molecular formula is C17H19ClN2O2. The summed E-state index contributed by atoms with van der Waals surface area (Å²) in [5.41, 5.74) is 3.20. The lowest BCUT2D eigenvalue weighted by atomic mass is 10.1. The van der Waals surface area contributed by atoms with Crippen LogP contribution in [-0.4, -0.2) is 29.5 Å². The second-order valence-corrected chi connectivity index (χ2v) is 5.35. The van der Waals surface area contributed by atoms with Gasteiger partial charge in [-0.05, 0) is 42.8 Å². The van der Waals surface area contributed by atoms with Crippen molar-refractivity contribution in [1.29, 1.82) is 0 Å². The number of hydrogen-bond acceptors (Lipinski definition) is 3. The number of rotatable bonds is 6. The Morgan fingerprint density at radius 1 is 1.23 bits per heavy atom. The molecule has 0 spiro atoms. The van der Waals surface area contributed by atoms with Crippen LogP contribution in [0.2, 0.25) is 0 Å². The number of amides is 1. The van der Waals surface area contributed by atoms with Crippen LogP contribution >= 0.6 is 11.6 Å². The fraction of sp³-hybridized carbons (Fsp3) is 0.235. The van der Waals surface area contributed by atoms with Gasteiger partial charge in [0.15, 0.2) is 0 Å². The molecular weight excluding hydrogens is 300 g/mol. The molecule has 1 amide bonds. The van der Waals surface area contributed by atoms with Gasteiger partial charge in [0.05, 0.1) is 12.0 Å². The molecule has 0 heterocycles. The third-order valence-corrected chi connectivity index (χ3v) is 3.59. The minimum absolute atomic E-state index is 0.137. The summed E-state index contributed by atoms with van der Waals surface area (Å²) in [6, 6.07) is 14.7. The summed E-state index contributed by atoms with van der Waals surface area (Å²) in [5, 5.41) is 15.4. The maximum atomic E-state index is 12.1. The largest absolute Gasteiger partial charge is 0.390 e. The van der Waals surface area contributed by atoms with E-state index < -0.39 is 6.10 Å². The zero-order chi connectivity index (χ0) is 15.9.